The van der Waals surface area contributed by atoms with Crippen LogP contribution in [0, 0.1) is 5.92 Å². The highest BCUT2D eigenvalue weighted by molar-refractivity contribution is 6.41. The minimum atomic E-state index is -0.573. The molecule has 0 radical (unpaired) electrons. The lowest BCUT2D eigenvalue weighted by molar-refractivity contribution is 0.0218. The molecule has 2 aliphatic heterocycles. The summed E-state index contributed by atoms with van der Waals surface area (Å²) in [6.07, 6.45) is -0.646. The summed E-state index contributed by atoms with van der Waals surface area (Å²) in [5.41, 5.74) is -0.533. The van der Waals surface area contributed by atoms with Gasteiger partial charge in [-0.25, -0.2) is 14.6 Å². The first-order valence-corrected chi connectivity index (χ1v) is 13.5. The third-order valence-electron chi connectivity index (χ3n) is 6.94. The summed E-state index contributed by atoms with van der Waals surface area (Å²) in [7, 11) is 2.00. The Kier molecular flexibility index (Phi) is 7.95. The Hall–Kier alpha value is -2.14. The number of carbonyl (C=O) groups is 1. The molecule has 12 heteroatoms. The molecule has 10 nitrogen and oxygen atoms in total. The zero-order chi connectivity index (χ0) is 27.2. The first-order valence-electron chi connectivity index (χ1n) is 12.7. The fourth-order valence-corrected chi connectivity index (χ4v) is 5.47. The first kappa shape index (κ1) is 27.9. The van der Waals surface area contributed by atoms with Crippen LogP contribution in [0.25, 0.3) is 11.0 Å². The smallest absolute Gasteiger partial charge is 0.410 e. The molecular formula is C25H37Cl2N7O3. The van der Waals surface area contributed by atoms with Crippen molar-refractivity contribution in [2.45, 2.75) is 65.4 Å². The van der Waals surface area contributed by atoms with Gasteiger partial charge in [-0.05, 0) is 46.7 Å². The Labute approximate surface area is 227 Å². The zero-order valence-electron chi connectivity index (χ0n) is 22.6. The third kappa shape index (κ3) is 5.67. The second-order valence-electron chi connectivity index (χ2n) is 11.3. The summed E-state index contributed by atoms with van der Waals surface area (Å²) < 4.78 is 7.19. The molecule has 2 aromatic heterocycles. The lowest BCUT2D eigenvalue weighted by atomic mass is 9.98. The Morgan fingerprint density at radius 2 is 1.89 bits per heavy atom. The van der Waals surface area contributed by atoms with Gasteiger partial charge in [-0.15, -0.1) is 0 Å². The van der Waals surface area contributed by atoms with Crippen molar-refractivity contribution < 1.29 is 9.53 Å². The normalized spacial score (nSPS) is 23.7. The second kappa shape index (κ2) is 10.6. The fraction of sp³-hybridized carbons (Fsp3) is 0.680. The second-order valence-corrected chi connectivity index (χ2v) is 12.1. The highest BCUT2D eigenvalue weighted by Gasteiger charge is 2.37. The summed E-state index contributed by atoms with van der Waals surface area (Å²) in [6.45, 7) is 14.7. The highest BCUT2D eigenvalue weighted by atomic mass is 35.5. The fourth-order valence-electron chi connectivity index (χ4n) is 5.18. The summed E-state index contributed by atoms with van der Waals surface area (Å²) in [5.74, 6) is 0.754. The van der Waals surface area contributed by atoms with Gasteiger partial charge in [0.1, 0.15) is 22.7 Å². The van der Waals surface area contributed by atoms with Gasteiger partial charge in [0.25, 0.3) is 0 Å². The number of anilines is 1. The van der Waals surface area contributed by atoms with Crippen LogP contribution in [0.1, 0.15) is 47.7 Å². The van der Waals surface area contributed by atoms with Crippen molar-refractivity contribution in [3.8, 4) is 0 Å². The highest BCUT2D eigenvalue weighted by Crippen LogP contribution is 2.34. The maximum Gasteiger partial charge on any atom is 0.410 e. The number of pyridine rings is 1. The minimum absolute atomic E-state index is 0.0138. The van der Waals surface area contributed by atoms with Gasteiger partial charge in [0.15, 0.2) is 5.65 Å². The van der Waals surface area contributed by atoms with E-state index in [0.29, 0.717) is 36.5 Å². The van der Waals surface area contributed by atoms with E-state index in [4.69, 9.17) is 27.9 Å². The summed E-state index contributed by atoms with van der Waals surface area (Å²) in [4.78, 5) is 41.4. The number of nitrogens with zero attached hydrogens (tertiary/aromatic N) is 6. The SMILES string of the molecule is CC(C)C1NCCN(C)C1n1c(=O)nc(N2CCN(C(=O)OC(C)(C)C)C[C@@H]2C)c2cc(Cl)c(Cl)nc21. The van der Waals surface area contributed by atoms with Crippen LogP contribution in [0.3, 0.4) is 0 Å². The lowest BCUT2D eigenvalue weighted by Gasteiger charge is -2.43. The van der Waals surface area contributed by atoms with E-state index in [1.807, 2.05) is 39.6 Å². The summed E-state index contributed by atoms with van der Waals surface area (Å²) in [5, 5.41) is 4.63. The molecule has 0 spiro atoms. The van der Waals surface area contributed by atoms with Crippen molar-refractivity contribution in [2.75, 3.05) is 44.7 Å². The maximum atomic E-state index is 13.7. The van der Waals surface area contributed by atoms with Gasteiger partial charge in [0, 0.05) is 44.8 Å². The van der Waals surface area contributed by atoms with E-state index in [1.165, 1.54) is 0 Å². The Morgan fingerprint density at radius 3 is 2.51 bits per heavy atom. The number of hydrogen-bond acceptors (Lipinski definition) is 8. The van der Waals surface area contributed by atoms with Gasteiger partial charge in [-0.2, -0.15) is 4.98 Å². The van der Waals surface area contributed by atoms with Crippen molar-refractivity contribution in [3.05, 3.63) is 26.7 Å². The number of ether oxygens (including phenoxy) is 1. The number of piperazine rings is 2. The number of nitrogens with one attached hydrogen (secondary N) is 1. The van der Waals surface area contributed by atoms with Crippen molar-refractivity contribution in [2.24, 2.45) is 5.92 Å². The average Bonchev–Trinajstić information content (AvgIpc) is 2.79. The molecular weight excluding hydrogens is 517 g/mol. The predicted octanol–water partition coefficient (Wildman–Crippen LogP) is 3.60. The van der Waals surface area contributed by atoms with E-state index in [9.17, 15) is 9.59 Å². The minimum Gasteiger partial charge on any atom is -0.444 e. The number of aromatic nitrogens is 3. The summed E-state index contributed by atoms with van der Waals surface area (Å²) in [6, 6.07) is 1.63. The third-order valence-corrected chi connectivity index (χ3v) is 7.61. The molecule has 1 N–H and O–H groups in total. The van der Waals surface area contributed by atoms with Crippen LogP contribution >= 0.6 is 23.2 Å². The van der Waals surface area contributed by atoms with Crippen LogP contribution in [0.15, 0.2) is 10.9 Å². The molecule has 37 heavy (non-hydrogen) atoms. The molecule has 204 valence electrons. The van der Waals surface area contributed by atoms with Crippen LogP contribution < -0.4 is 15.9 Å². The van der Waals surface area contributed by atoms with E-state index in [2.05, 4.69) is 34.0 Å². The maximum absolute atomic E-state index is 13.7. The number of halogens is 2. The van der Waals surface area contributed by atoms with Crippen LogP contribution in [-0.2, 0) is 4.74 Å². The van der Waals surface area contributed by atoms with Crippen molar-refractivity contribution in [3.63, 3.8) is 0 Å². The van der Waals surface area contributed by atoms with E-state index in [-0.39, 0.29) is 40.4 Å². The Balaban J connectivity index is 1.78. The number of amides is 1. The van der Waals surface area contributed by atoms with Crippen LogP contribution in [0.5, 0.6) is 0 Å². The van der Waals surface area contributed by atoms with Gasteiger partial charge in [0.2, 0.25) is 0 Å². The number of carbonyl (C=O) groups excluding carboxylic acids is 1. The summed E-state index contributed by atoms with van der Waals surface area (Å²) >= 11 is 12.8. The molecule has 0 aromatic carbocycles. The monoisotopic (exact) mass is 553 g/mol. The molecule has 2 saturated heterocycles. The predicted molar refractivity (Wildman–Crippen MR) is 147 cm³/mol. The van der Waals surface area contributed by atoms with Crippen LogP contribution in [-0.4, -0.2) is 87.9 Å². The number of hydrogen-bond donors (Lipinski definition) is 1. The molecule has 2 fully saturated rings. The molecule has 2 aliphatic rings. The number of likely N-dealkylation sites (N-methyl/N-ethyl adjacent to an activating group) is 1. The molecule has 0 aliphatic carbocycles. The Bertz CT molecular complexity index is 1230. The molecule has 3 atom stereocenters. The number of fused-ring (bicyclic) bond motifs is 1. The molecule has 4 heterocycles. The van der Waals surface area contributed by atoms with Gasteiger partial charge in [-0.1, -0.05) is 37.0 Å². The van der Waals surface area contributed by atoms with Crippen molar-refractivity contribution in [1.29, 1.82) is 0 Å². The van der Waals surface area contributed by atoms with Gasteiger partial charge >= 0.3 is 11.8 Å². The largest absolute Gasteiger partial charge is 0.444 e. The lowest BCUT2D eigenvalue weighted by Crippen LogP contribution is -2.58. The standard InChI is InChI=1S/C25H37Cl2N7O3/c1-14(2)18-22(31(7)9-8-28-18)34-21-16(12-17(26)19(27)29-21)20(30-23(34)35)33-11-10-32(13-15(33)3)24(36)37-25(4,5)6/h12,14-15,18,22,28H,8-11,13H2,1-7H3/t15-,18?,22?/m0/s1. The molecule has 0 saturated carbocycles. The topological polar surface area (TPSA) is 95.8 Å². The van der Waals surface area contributed by atoms with Crippen LogP contribution in [0.4, 0.5) is 10.6 Å². The van der Waals surface area contributed by atoms with E-state index in [1.54, 1.807) is 15.5 Å². The van der Waals surface area contributed by atoms with E-state index >= 15 is 0 Å². The van der Waals surface area contributed by atoms with Crippen molar-refractivity contribution in [1.82, 2.24) is 29.7 Å². The van der Waals surface area contributed by atoms with Gasteiger partial charge in [-0.3, -0.25) is 9.47 Å². The Morgan fingerprint density at radius 1 is 1.19 bits per heavy atom. The van der Waals surface area contributed by atoms with E-state index < -0.39 is 11.3 Å². The molecule has 4 rings (SSSR count). The van der Waals surface area contributed by atoms with Crippen molar-refractivity contribution >= 4 is 46.1 Å². The first-order chi connectivity index (χ1) is 17.3. The molecule has 2 unspecified atom stereocenters. The molecule has 0 bridgehead atoms. The molecule has 2 aromatic rings. The van der Waals surface area contributed by atoms with Crippen LogP contribution in [0.2, 0.25) is 10.2 Å². The number of rotatable bonds is 3. The van der Waals surface area contributed by atoms with E-state index in [0.717, 1.165) is 13.1 Å². The molecule has 1 amide bonds. The van der Waals surface area contributed by atoms with Gasteiger partial charge in [0.05, 0.1) is 10.4 Å². The van der Waals surface area contributed by atoms with Gasteiger partial charge < -0.3 is 19.9 Å². The zero-order valence-corrected chi connectivity index (χ0v) is 24.1. The quantitative estimate of drug-likeness (QED) is 0.576. The average molecular weight is 555 g/mol.